The van der Waals surface area contributed by atoms with Gasteiger partial charge in [-0.2, -0.15) is 0 Å². The number of hydrogen-bond acceptors (Lipinski definition) is 2. The molecule has 0 radical (unpaired) electrons. The van der Waals surface area contributed by atoms with E-state index >= 15 is 0 Å². The molecule has 2 rings (SSSR count). The maximum atomic E-state index is 13.7. The Labute approximate surface area is 115 Å². The monoisotopic (exact) mass is 264 g/mol. The van der Waals surface area contributed by atoms with Gasteiger partial charge in [-0.1, -0.05) is 31.9 Å². The second-order valence-corrected chi connectivity index (χ2v) is 5.82. The van der Waals surface area contributed by atoms with Crippen molar-refractivity contribution < 1.29 is 4.39 Å². The van der Waals surface area contributed by atoms with Crippen LogP contribution in [0.4, 0.5) is 10.1 Å². The lowest BCUT2D eigenvalue weighted by atomic mass is 9.75. The van der Waals surface area contributed by atoms with Gasteiger partial charge in [0.1, 0.15) is 5.82 Å². The van der Waals surface area contributed by atoms with Crippen molar-refractivity contribution in [3.63, 3.8) is 0 Å². The first-order valence-electron chi connectivity index (χ1n) is 7.42. The summed E-state index contributed by atoms with van der Waals surface area (Å²) in [7, 11) is 0. The maximum Gasteiger partial charge on any atom is 0.146 e. The number of nitrogens with two attached hydrogens (primary N) is 1. The van der Waals surface area contributed by atoms with Crippen LogP contribution in [-0.2, 0) is 0 Å². The highest BCUT2D eigenvalue weighted by Gasteiger charge is 2.34. The Kier molecular flexibility index (Phi) is 4.81. The highest BCUT2D eigenvalue weighted by Crippen LogP contribution is 2.36. The normalized spacial score (nSPS) is 27.2. The number of nitrogens with one attached hydrogen (secondary N) is 1. The van der Waals surface area contributed by atoms with Gasteiger partial charge in [0, 0.05) is 12.1 Å². The molecule has 1 aromatic rings. The Morgan fingerprint density at radius 1 is 1.32 bits per heavy atom. The predicted molar refractivity (Wildman–Crippen MR) is 78.7 cm³/mol. The second-order valence-electron chi connectivity index (χ2n) is 5.82. The van der Waals surface area contributed by atoms with Crippen LogP contribution in [0.2, 0.25) is 0 Å². The van der Waals surface area contributed by atoms with Gasteiger partial charge in [-0.25, -0.2) is 4.39 Å². The van der Waals surface area contributed by atoms with Crippen molar-refractivity contribution in [3.8, 4) is 0 Å². The first-order valence-corrected chi connectivity index (χ1v) is 7.42. The third-order valence-electron chi connectivity index (χ3n) is 4.42. The zero-order valence-electron chi connectivity index (χ0n) is 11.8. The van der Waals surface area contributed by atoms with Gasteiger partial charge in [-0.15, -0.1) is 0 Å². The van der Waals surface area contributed by atoms with Crippen molar-refractivity contribution in [2.75, 3.05) is 11.9 Å². The molecule has 0 saturated heterocycles. The zero-order valence-corrected chi connectivity index (χ0v) is 11.8. The minimum absolute atomic E-state index is 0.119. The van der Waals surface area contributed by atoms with Crippen molar-refractivity contribution in [1.29, 1.82) is 0 Å². The van der Waals surface area contributed by atoms with Crippen molar-refractivity contribution in [3.05, 3.63) is 30.1 Å². The number of halogens is 1. The minimum Gasteiger partial charge on any atom is -0.376 e. The van der Waals surface area contributed by atoms with Gasteiger partial charge in [-0.05, 0) is 43.7 Å². The molecule has 1 aliphatic rings. The van der Waals surface area contributed by atoms with Crippen LogP contribution in [0.5, 0.6) is 0 Å². The van der Waals surface area contributed by atoms with Crippen LogP contribution in [0.3, 0.4) is 0 Å². The van der Waals surface area contributed by atoms with Crippen LogP contribution in [0.25, 0.3) is 0 Å². The van der Waals surface area contributed by atoms with E-state index in [0.29, 0.717) is 12.2 Å². The Morgan fingerprint density at radius 2 is 2.00 bits per heavy atom. The molecule has 0 spiro atoms. The lowest BCUT2D eigenvalue weighted by molar-refractivity contribution is 0.247. The van der Waals surface area contributed by atoms with E-state index in [4.69, 9.17) is 5.73 Å². The van der Waals surface area contributed by atoms with Gasteiger partial charge in [-0.3, -0.25) is 0 Å². The van der Waals surface area contributed by atoms with Gasteiger partial charge < -0.3 is 11.1 Å². The van der Waals surface area contributed by atoms with Gasteiger partial charge in [0.2, 0.25) is 0 Å². The number of hydrogen-bond donors (Lipinski definition) is 2. The second kappa shape index (κ2) is 6.38. The van der Waals surface area contributed by atoms with Crippen LogP contribution in [-0.4, -0.2) is 12.1 Å². The molecule has 3 heteroatoms. The quantitative estimate of drug-likeness (QED) is 0.845. The topological polar surface area (TPSA) is 38.0 Å². The summed E-state index contributed by atoms with van der Waals surface area (Å²) < 4.78 is 13.7. The van der Waals surface area contributed by atoms with Gasteiger partial charge in [0.25, 0.3) is 0 Å². The zero-order chi connectivity index (χ0) is 13.7. The van der Waals surface area contributed by atoms with E-state index in [9.17, 15) is 4.39 Å². The fraction of sp³-hybridized carbons (Fsp3) is 0.625. The summed E-state index contributed by atoms with van der Waals surface area (Å²) in [6, 6.07) is 6.87. The Morgan fingerprint density at radius 3 is 2.58 bits per heavy atom. The molecule has 0 amide bonds. The average molecular weight is 264 g/mol. The van der Waals surface area contributed by atoms with Gasteiger partial charge in [0.15, 0.2) is 0 Å². The molecule has 0 aromatic heterocycles. The first kappa shape index (κ1) is 14.3. The summed E-state index contributed by atoms with van der Waals surface area (Å²) in [5.74, 6) is 0.637. The molecule has 1 saturated carbocycles. The number of benzene rings is 1. The maximum absolute atomic E-state index is 13.7. The molecule has 0 unspecified atom stereocenters. The van der Waals surface area contributed by atoms with E-state index in [-0.39, 0.29) is 11.4 Å². The fourth-order valence-corrected chi connectivity index (χ4v) is 3.16. The molecule has 19 heavy (non-hydrogen) atoms. The van der Waals surface area contributed by atoms with E-state index < -0.39 is 0 Å². The summed E-state index contributed by atoms with van der Waals surface area (Å²) in [5.41, 5.74) is 6.44. The molecule has 0 bridgehead atoms. The third-order valence-corrected chi connectivity index (χ3v) is 4.42. The van der Waals surface area contributed by atoms with E-state index in [1.165, 1.54) is 31.7 Å². The number of para-hydroxylation sites is 1. The van der Waals surface area contributed by atoms with Crippen LogP contribution >= 0.6 is 0 Å². The molecule has 1 aliphatic carbocycles. The molecule has 2 nitrogen and oxygen atoms in total. The molecule has 0 heterocycles. The van der Waals surface area contributed by atoms with E-state index in [1.54, 1.807) is 12.1 Å². The first-order chi connectivity index (χ1) is 9.19. The van der Waals surface area contributed by atoms with Crippen LogP contribution < -0.4 is 11.1 Å². The van der Waals surface area contributed by atoms with E-state index in [1.807, 2.05) is 6.07 Å². The Hall–Kier alpha value is -1.09. The summed E-state index contributed by atoms with van der Waals surface area (Å²) in [5, 5.41) is 3.37. The van der Waals surface area contributed by atoms with E-state index in [0.717, 1.165) is 18.8 Å². The molecule has 106 valence electrons. The summed E-state index contributed by atoms with van der Waals surface area (Å²) in [6.45, 7) is 2.81. The summed E-state index contributed by atoms with van der Waals surface area (Å²) >= 11 is 0. The Balaban J connectivity index is 2.02. The smallest absolute Gasteiger partial charge is 0.146 e. The summed E-state index contributed by atoms with van der Waals surface area (Å²) in [6.07, 6.45) is 7.05. The average Bonchev–Trinajstić information content (AvgIpc) is 2.44. The number of anilines is 1. The van der Waals surface area contributed by atoms with Crippen molar-refractivity contribution >= 4 is 5.69 Å². The molecular formula is C16H25FN2. The van der Waals surface area contributed by atoms with Gasteiger partial charge >= 0.3 is 0 Å². The molecule has 1 fully saturated rings. The number of rotatable bonds is 5. The van der Waals surface area contributed by atoms with Crippen molar-refractivity contribution in [2.45, 2.75) is 51.0 Å². The lowest BCUT2D eigenvalue weighted by Gasteiger charge is -2.41. The molecule has 1 aromatic carbocycles. The fourth-order valence-electron chi connectivity index (χ4n) is 3.16. The molecule has 0 atom stereocenters. The van der Waals surface area contributed by atoms with Crippen LogP contribution in [0, 0.1) is 11.7 Å². The lowest BCUT2D eigenvalue weighted by Crippen LogP contribution is -2.48. The van der Waals surface area contributed by atoms with Crippen LogP contribution in [0.15, 0.2) is 24.3 Å². The molecular weight excluding hydrogens is 239 g/mol. The van der Waals surface area contributed by atoms with Crippen molar-refractivity contribution in [2.24, 2.45) is 11.7 Å². The van der Waals surface area contributed by atoms with Crippen LogP contribution in [0.1, 0.15) is 45.4 Å². The van der Waals surface area contributed by atoms with E-state index in [2.05, 4.69) is 12.2 Å². The standard InChI is InChI=1S/C16H25FN2/c1-2-5-13-8-10-16(12-18,11-9-13)19-15-7-4-3-6-14(15)17/h3-4,6-7,13,19H,2,5,8-12,18H2,1H3. The Bertz CT molecular complexity index is 397. The van der Waals surface area contributed by atoms with Crippen molar-refractivity contribution in [1.82, 2.24) is 0 Å². The molecule has 3 N–H and O–H groups in total. The summed E-state index contributed by atoms with van der Waals surface area (Å²) in [4.78, 5) is 0. The molecule has 0 aliphatic heterocycles. The largest absolute Gasteiger partial charge is 0.376 e. The predicted octanol–water partition coefficient (Wildman–Crippen LogP) is 3.93. The highest BCUT2D eigenvalue weighted by atomic mass is 19.1. The minimum atomic E-state index is -0.189. The SMILES string of the molecule is CCCC1CCC(CN)(Nc2ccccc2F)CC1. The third kappa shape index (κ3) is 3.47. The van der Waals surface area contributed by atoms with Gasteiger partial charge in [0.05, 0.1) is 5.69 Å². The highest BCUT2D eigenvalue weighted by molar-refractivity contribution is 5.47.